The Morgan fingerprint density at radius 1 is 1.00 bits per heavy atom. The van der Waals surface area contributed by atoms with E-state index >= 15 is 0 Å². The van der Waals surface area contributed by atoms with Crippen LogP contribution in [0.3, 0.4) is 0 Å². The van der Waals surface area contributed by atoms with E-state index in [4.69, 9.17) is 9.47 Å². The van der Waals surface area contributed by atoms with Crippen molar-refractivity contribution in [2.75, 3.05) is 13.2 Å². The molecule has 7 nitrogen and oxygen atoms in total. The summed E-state index contributed by atoms with van der Waals surface area (Å²) in [6.07, 6.45) is 2.27. The van der Waals surface area contributed by atoms with Crippen LogP contribution < -0.4 is 0 Å². The molecular weight excluding hydrogens is 420 g/mol. The Balaban J connectivity index is 2.22. The third kappa shape index (κ3) is 11.0. The zero-order valence-corrected chi connectivity index (χ0v) is 16.5. The molecule has 0 aliphatic rings. The average Bonchev–Trinajstić information content (AvgIpc) is 2.64. The summed E-state index contributed by atoms with van der Waals surface area (Å²) in [5.74, 6) is -2.59. The number of hydrogen-bond acceptors (Lipinski definition) is 7. The van der Waals surface area contributed by atoms with Crippen LogP contribution >= 0.6 is 15.9 Å². The van der Waals surface area contributed by atoms with Crippen molar-refractivity contribution in [2.45, 2.75) is 31.0 Å². The van der Waals surface area contributed by atoms with Gasteiger partial charge in [0.15, 0.2) is 0 Å². The Morgan fingerprint density at radius 3 is 2.26 bits per heavy atom. The molecule has 0 aliphatic carbocycles. The molecule has 27 heavy (non-hydrogen) atoms. The lowest BCUT2D eigenvalue weighted by atomic mass is 10.1. The second-order valence-corrected chi connectivity index (χ2v) is 6.65. The van der Waals surface area contributed by atoms with E-state index in [1.807, 2.05) is 6.07 Å². The van der Waals surface area contributed by atoms with Crippen molar-refractivity contribution in [3.63, 3.8) is 0 Å². The summed E-state index contributed by atoms with van der Waals surface area (Å²) in [5.41, 5.74) is 0.761. The van der Waals surface area contributed by atoms with Gasteiger partial charge in [0.05, 0.1) is 13.0 Å². The van der Waals surface area contributed by atoms with Gasteiger partial charge in [-0.05, 0) is 18.9 Å². The number of hydrogen-bond donors (Lipinski definition) is 0. The third-order valence-corrected chi connectivity index (χ3v) is 3.85. The molecular formula is C19H21BrO7. The first-order chi connectivity index (χ1) is 12.9. The van der Waals surface area contributed by atoms with Crippen molar-refractivity contribution >= 4 is 39.8 Å². The van der Waals surface area contributed by atoms with Crippen molar-refractivity contribution in [3.05, 3.63) is 48.0 Å². The highest BCUT2D eigenvalue weighted by molar-refractivity contribution is 9.09. The van der Waals surface area contributed by atoms with Gasteiger partial charge in [0, 0.05) is 23.4 Å². The summed E-state index contributed by atoms with van der Waals surface area (Å²) in [7, 11) is 0. The highest BCUT2D eigenvalue weighted by Crippen LogP contribution is 2.10. The lowest BCUT2D eigenvalue weighted by Crippen LogP contribution is -2.18. The highest BCUT2D eigenvalue weighted by atomic mass is 79.9. The lowest BCUT2D eigenvalue weighted by molar-refractivity contribution is -0.159. The summed E-state index contributed by atoms with van der Waals surface area (Å²) in [4.78, 5) is 45.6. The van der Waals surface area contributed by atoms with E-state index in [0.717, 1.165) is 17.7 Å². The van der Waals surface area contributed by atoms with Crippen molar-refractivity contribution in [1.82, 2.24) is 0 Å². The Morgan fingerprint density at radius 2 is 1.63 bits per heavy atom. The number of esters is 4. The quantitative estimate of drug-likeness (QED) is 0.181. The van der Waals surface area contributed by atoms with Crippen LogP contribution in [-0.2, 0) is 39.8 Å². The fraction of sp³-hybridized carbons (Fsp3) is 0.368. The first kappa shape index (κ1) is 22.6. The fourth-order valence-corrected chi connectivity index (χ4v) is 2.24. The Hall–Kier alpha value is -2.48. The van der Waals surface area contributed by atoms with Gasteiger partial charge in [-0.3, -0.25) is 9.59 Å². The van der Waals surface area contributed by atoms with Gasteiger partial charge >= 0.3 is 23.9 Å². The molecule has 0 radical (unpaired) electrons. The molecule has 146 valence electrons. The molecule has 1 rings (SSSR count). The zero-order chi connectivity index (χ0) is 20.1. The average molecular weight is 441 g/mol. The minimum absolute atomic E-state index is 0.00274. The number of alkyl halides is 1. The molecule has 0 saturated carbocycles. The monoisotopic (exact) mass is 440 g/mol. The molecule has 0 saturated heterocycles. The smallest absolute Gasteiger partial charge is 0.331 e. The summed E-state index contributed by atoms with van der Waals surface area (Å²) >= 11 is 3.27. The second-order valence-electron chi connectivity index (χ2n) is 5.36. The van der Waals surface area contributed by atoms with Crippen LogP contribution in [0.2, 0.25) is 0 Å². The molecule has 0 bridgehead atoms. The van der Waals surface area contributed by atoms with Gasteiger partial charge in [-0.1, -0.05) is 46.3 Å². The number of carbonyl (C=O) groups is 4. The molecule has 1 aromatic carbocycles. The topological polar surface area (TPSA) is 96.0 Å². The van der Waals surface area contributed by atoms with E-state index < -0.39 is 23.9 Å². The van der Waals surface area contributed by atoms with Crippen molar-refractivity contribution in [2.24, 2.45) is 0 Å². The van der Waals surface area contributed by atoms with Gasteiger partial charge < -0.3 is 14.2 Å². The zero-order valence-electron chi connectivity index (χ0n) is 14.9. The number of halogens is 1. The van der Waals surface area contributed by atoms with E-state index in [1.165, 1.54) is 0 Å². The third-order valence-electron chi connectivity index (χ3n) is 3.13. The first-order valence-electron chi connectivity index (χ1n) is 8.33. The fourth-order valence-electron chi connectivity index (χ4n) is 1.88. The Kier molecular flexibility index (Phi) is 10.7. The largest absolute Gasteiger partial charge is 0.463 e. The van der Waals surface area contributed by atoms with Crippen LogP contribution in [-0.4, -0.2) is 41.9 Å². The molecule has 8 heteroatoms. The van der Waals surface area contributed by atoms with Crippen molar-refractivity contribution < 1.29 is 33.4 Å². The summed E-state index contributed by atoms with van der Waals surface area (Å²) in [6.45, 7) is 1.86. The van der Waals surface area contributed by atoms with Gasteiger partial charge in [-0.2, -0.15) is 0 Å². The molecule has 0 aliphatic heterocycles. The van der Waals surface area contributed by atoms with E-state index in [2.05, 4.69) is 20.7 Å². The van der Waals surface area contributed by atoms with Gasteiger partial charge in [-0.15, -0.1) is 0 Å². The molecule has 0 N–H and O–H groups in total. The van der Waals surface area contributed by atoms with Crippen LogP contribution in [0.5, 0.6) is 0 Å². The van der Waals surface area contributed by atoms with Crippen LogP contribution in [0.4, 0.5) is 0 Å². The van der Waals surface area contributed by atoms with E-state index in [1.54, 1.807) is 31.2 Å². The van der Waals surface area contributed by atoms with Crippen LogP contribution in [0.15, 0.2) is 42.5 Å². The van der Waals surface area contributed by atoms with E-state index in [9.17, 15) is 19.2 Å². The highest BCUT2D eigenvalue weighted by Gasteiger charge is 2.14. The summed E-state index contributed by atoms with van der Waals surface area (Å²) < 4.78 is 14.3. The van der Waals surface area contributed by atoms with Crippen molar-refractivity contribution in [1.29, 1.82) is 0 Å². The number of carbonyl (C=O) groups excluding carboxylic acids is 4. The number of benzene rings is 1. The van der Waals surface area contributed by atoms with Crippen molar-refractivity contribution in [3.8, 4) is 0 Å². The van der Waals surface area contributed by atoms with Crippen LogP contribution in [0.25, 0.3) is 0 Å². The molecule has 1 unspecified atom stereocenters. The maximum atomic E-state index is 11.7. The van der Waals surface area contributed by atoms with E-state index in [-0.39, 0.29) is 30.9 Å². The van der Waals surface area contributed by atoms with Gasteiger partial charge in [0.25, 0.3) is 0 Å². The SMILES string of the molecule is CCOC(=O)C=CC(=O)OCC(Br)CCC(=O)OC(=O)Cc1ccccc1. The minimum atomic E-state index is -0.701. The maximum Gasteiger partial charge on any atom is 0.331 e. The standard InChI is InChI=1S/C19H21BrO7/c1-2-25-16(21)10-11-17(22)26-13-15(20)8-9-18(23)27-19(24)12-14-6-4-3-5-7-14/h3-7,10-11,15H,2,8-9,12-13H2,1H3. The summed E-state index contributed by atoms with van der Waals surface area (Å²) in [6, 6.07) is 8.96. The molecule has 0 aromatic heterocycles. The summed E-state index contributed by atoms with van der Waals surface area (Å²) in [5, 5.41) is 0. The Bertz CT molecular complexity index is 670. The first-order valence-corrected chi connectivity index (χ1v) is 9.25. The van der Waals surface area contributed by atoms with Crippen LogP contribution in [0.1, 0.15) is 25.3 Å². The number of rotatable bonds is 10. The predicted octanol–water partition coefficient (Wildman–Crippen LogP) is 2.51. The van der Waals surface area contributed by atoms with Gasteiger partial charge in [-0.25, -0.2) is 9.59 Å². The molecule has 1 atom stereocenters. The number of ether oxygens (including phenoxy) is 3. The molecule has 0 fully saturated rings. The minimum Gasteiger partial charge on any atom is -0.463 e. The lowest BCUT2D eigenvalue weighted by Gasteiger charge is -2.09. The normalized spacial score (nSPS) is 11.6. The Labute approximate surface area is 165 Å². The van der Waals surface area contributed by atoms with Gasteiger partial charge in [0.1, 0.15) is 6.61 Å². The molecule has 0 spiro atoms. The van der Waals surface area contributed by atoms with Gasteiger partial charge in [0.2, 0.25) is 0 Å². The van der Waals surface area contributed by atoms with E-state index in [0.29, 0.717) is 6.42 Å². The van der Waals surface area contributed by atoms with Crippen LogP contribution in [0, 0.1) is 0 Å². The molecule has 1 aromatic rings. The predicted molar refractivity (Wildman–Crippen MR) is 99.9 cm³/mol. The maximum absolute atomic E-state index is 11.7. The molecule has 0 amide bonds. The molecule has 0 heterocycles. The second kappa shape index (κ2) is 12.8.